The molecule has 5 amide bonds. The van der Waals surface area contributed by atoms with Gasteiger partial charge in [-0.2, -0.15) is 0 Å². The van der Waals surface area contributed by atoms with Crippen molar-refractivity contribution in [1.29, 1.82) is 0 Å². The van der Waals surface area contributed by atoms with Gasteiger partial charge in [0.15, 0.2) is 0 Å². The number of piperidine rings is 2. The largest absolute Gasteiger partial charge is 0.457 e. The highest BCUT2D eigenvalue weighted by molar-refractivity contribution is 6.23. The normalized spacial score (nSPS) is 17.9. The number of anilines is 1. The molecule has 0 aliphatic carbocycles. The smallest absolute Gasteiger partial charge is 0.262 e. The van der Waals surface area contributed by atoms with Crippen molar-refractivity contribution in [1.82, 2.24) is 20.1 Å². The van der Waals surface area contributed by atoms with Gasteiger partial charge in [-0.05, 0) is 87.0 Å². The lowest BCUT2D eigenvalue weighted by Gasteiger charge is -2.37. The van der Waals surface area contributed by atoms with Crippen molar-refractivity contribution in [3.63, 3.8) is 0 Å². The monoisotopic (exact) mass is 690 g/mol. The van der Waals surface area contributed by atoms with Gasteiger partial charge >= 0.3 is 0 Å². The summed E-state index contributed by atoms with van der Waals surface area (Å²) in [6.45, 7) is 1.51. The Morgan fingerprint density at radius 2 is 1.59 bits per heavy atom. The van der Waals surface area contributed by atoms with Crippen LogP contribution in [0.15, 0.2) is 78.9 Å². The fourth-order valence-corrected chi connectivity index (χ4v) is 6.94. The first-order valence-corrected chi connectivity index (χ1v) is 16.7. The van der Waals surface area contributed by atoms with Gasteiger partial charge in [0.25, 0.3) is 17.7 Å². The number of rotatable bonds is 9. The number of nitrogens with zero attached hydrogens (tertiary/aromatic N) is 4. The number of carbonyl (C=O) groups is 5. The molecule has 12 nitrogen and oxygen atoms in total. The number of para-hydroxylation sites is 1. The lowest BCUT2D eigenvalue weighted by atomic mass is 10.0. The van der Waals surface area contributed by atoms with Gasteiger partial charge in [0.1, 0.15) is 29.2 Å². The van der Waals surface area contributed by atoms with E-state index < -0.39 is 41.4 Å². The number of nitrogens with two attached hydrogens (primary N) is 1. The van der Waals surface area contributed by atoms with Crippen LogP contribution in [-0.2, 0) is 16.1 Å². The maximum absolute atomic E-state index is 15.4. The Balaban J connectivity index is 1.01. The molecule has 3 N–H and O–H groups in total. The van der Waals surface area contributed by atoms with Gasteiger partial charge in [-0.1, -0.05) is 18.2 Å². The molecule has 0 spiro atoms. The number of primary amides is 1. The van der Waals surface area contributed by atoms with E-state index in [0.29, 0.717) is 41.7 Å². The zero-order valence-corrected chi connectivity index (χ0v) is 27.8. The summed E-state index contributed by atoms with van der Waals surface area (Å²) < 4.78 is 21.3. The zero-order valence-electron chi connectivity index (χ0n) is 27.8. The summed E-state index contributed by atoms with van der Waals surface area (Å²) in [5.74, 6) is -1.74. The fraction of sp³-hybridized carbons (Fsp3) is 0.263. The maximum atomic E-state index is 15.4. The van der Waals surface area contributed by atoms with E-state index in [4.69, 9.17) is 15.5 Å². The Labute approximate surface area is 293 Å². The number of nitrogens with one attached hydrogen (secondary N) is 1. The average Bonchev–Trinajstić information content (AvgIpc) is 3.36. The van der Waals surface area contributed by atoms with Crippen LogP contribution in [0, 0.1) is 5.82 Å². The van der Waals surface area contributed by atoms with E-state index in [2.05, 4.69) is 10.2 Å². The number of hydrogen-bond donors (Lipinski definition) is 2. The number of amides is 5. The highest BCUT2D eigenvalue weighted by Crippen LogP contribution is 2.32. The SMILES string of the molecule is CN(Cc1cc2c(cc1F)C(=O)N(C1CCC(=O)NC1=O)C2=O)C1CCN(c2ccc(C(N)=O)c(-c3ccc(Oc4ccccc4)cc3)n2)CC1. The van der Waals surface area contributed by atoms with Crippen LogP contribution in [0.25, 0.3) is 11.3 Å². The second kappa shape index (κ2) is 13.8. The predicted octanol–water partition coefficient (Wildman–Crippen LogP) is 4.28. The van der Waals surface area contributed by atoms with E-state index in [-0.39, 0.29) is 42.1 Å². The van der Waals surface area contributed by atoms with Crippen molar-refractivity contribution in [3.8, 4) is 22.8 Å². The molecule has 13 heteroatoms. The molecule has 2 fully saturated rings. The summed E-state index contributed by atoms with van der Waals surface area (Å²) in [4.78, 5) is 72.5. The van der Waals surface area contributed by atoms with E-state index in [1.54, 1.807) is 12.1 Å². The second-order valence-electron chi connectivity index (χ2n) is 12.9. The number of fused-ring (bicyclic) bond motifs is 1. The van der Waals surface area contributed by atoms with Crippen molar-refractivity contribution in [3.05, 3.63) is 107 Å². The first-order chi connectivity index (χ1) is 24.6. The molecule has 0 saturated carbocycles. The Morgan fingerprint density at radius 1 is 0.922 bits per heavy atom. The van der Waals surface area contributed by atoms with Gasteiger partial charge in [0.2, 0.25) is 11.8 Å². The van der Waals surface area contributed by atoms with Crippen molar-refractivity contribution in [2.24, 2.45) is 5.73 Å². The van der Waals surface area contributed by atoms with Crippen molar-refractivity contribution < 1.29 is 33.1 Å². The topological polar surface area (TPSA) is 155 Å². The zero-order chi connectivity index (χ0) is 35.8. The Hall–Kier alpha value is -5.95. The Morgan fingerprint density at radius 3 is 2.25 bits per heavy atom. The van der Waals surface area contributed by atoms with Crippen molar-refractivity contribution >= 4 is 35.4 Å². The minimum absolute atomic E-state index is 0.00212. The quantitative estimate of drug-likeness (QED) is 0.245. The molecule has 4 aromatic rings. The molecule has 3 aliphatic heterocycles. The van der Waals surface area contributed by atoms with Crippen LogP contribution < -0.4 is 20.7 Å². The number of ether oxygens (including phenoxy) is 1. The fourth-order valence-electron chi connectivity index (χ4n) is 6.94. The average molecular weight is 691 g/mol. The summed E-state index contributed by atoms with van der Waals surface area (Å²) in [5.41, 5.74) is 7.44. The maximum Gasteiger partial charge on any atom is 0.262 e. The number of imide groups is 2. The summed E-state index contributed by atoms with van der Waals surface area (Å²) >= 11 is 0. The van der Waals surface area contributed by atoms with Crippen LogP contribution in [-0.4, -0.2) is 76.5 Å². The van der Waals surface area contributed by atoms with Gasteiger partial charge in [-0.25, -0.2) is 9.37 Å². The number of carbonyl (C=O) groups excluding carboxylic acids is 5. The van der Waals surface area contributed by atoms with Crippen LogP contribution in [0.1, 0.15) is 62.3 Å². The lowest BCUT2D eigenvalue weighted by Crippen LogP contribution is -2.54. The number of halogens is 1. The number of aromatic nitrogens is 1. The Kier molecular flexibility index (Phi) is 9.04. The molecule has 3 aromatic carbocycles. The molecule has 0 bridgehead atoms. The van der Waals surface area contributed by atoms with Crippen molar-refractivity contribution in [2.75, 3.05) is 25.0 Å². The van der Waals surface area contributed by atoms with Gasteiger partial charge in [0.05, 0.1) is 22.4 Å². The number of hydrogen-bond acceptors (Lipinski definition) is 9. The van der Waals surface area contributed by atoms with E-state index in [1.807, 2.05) is 66.5 Å². The minimum Gasteiger partial charge on any atom is -0.457 e. The number of pyridine rings is 1. The highest BCUT2D eigenvalue weighted by atomic mass is 19.1. The second-order valence-corrected chi connectivity index (χ2v) is 12.9. The van der Waals surface area contributed by atoms with Crippen LogP contribution >= 0.6 is 0 Å². The minimum atomic E-state index is -1.12. The molecular formula is C38H35FN6O6. The third-order valence-electron chi connectivity index (χ3n) is 9.69. The molecule has 1 aromatic heterocycles. The van der Waals surface area contributed by atoms with Gasteiger partial charge in [-0.3, -0.25) is 39.1 Å². The van der Waals surface area contributed by atoms with Crippen LogP contribution in [0.2, 0.25) is 0 Å². The molecule has 0 radical (unpaired) electrons. The highest BCUT2D eigenvalue weighted by Gasteiger charge is 2.45. The van der Waals surface area contributed by atoms with Gasteiger partial charge in [0, 0.05) is 43.2 Å². The summed E-state index contributed by atoms with van der Waals surface area (Å²) in [7, 11) is 1.89. The number of benzene rings is 3. The molecule has 51 heavy (non-hydrogen) atoms. The van der Waals surface area contributed by atoms with Gasteiger partial charge in [-0.15, -0.1) is 0 Å². The molecule has 3 aliphatic rings. The molecule has 4 heterocycles. The van der Waals surface area contributed by atoms with Crippen molar-refractivity contribution in [2.45, 2.75) is 44.3 Å². The van der Waals surface area contributed by atoms with E-state index >= 15 is 4.39 Å². The Bertz CT molecular complexity index is 2050. The molecule has 2 saturated heterocycles. The van der Waals surface area contributed by atoms with Crippen LogP contribution in [0.5, 0.6) is 11.5 Å². The molecule has 260 valence electrons. The van der Waals surface area contributed by atoms with E-state index in [1.165, 1.54) is 6.07 Å². The molecule has 7 rings (SSSR count). The standard InChI is InChI=1S/C38H35FN6O6/c1-43(21-23-19-28-29(20-30(23)39)38(50)45(37(28)49)31-12-14-33(46)42-36(31)48)24-15-17-44(18-16-24)32-13-11-27(35(40)47)34(41-32)22-7-9-26(10-8-22)51-25-5-3-2-4-6-25/h2-11,13,19-20,24,31H,12,14-18,21H2,1H3,(H2,40,47)(H,42,46,48). The summed E-state index contributed by atoms with van der Waals surface area (Å²) in [6, 6.07) is 21.6. The van der Waals surface area contributed by atoms with Crippen LogP contribution in [0.3, 0.4) is 0 Å². The molecular weight excluding hydrogens is 655 g/mol. The summed E-state index contributed by atoms with van der Waals surface area (Å²) in [6.07, 6.45) is 1.51. The predicted molar refractivity (Wildman–Crippen MR) is 184 cm³/mol. The summed E-state index contributed by atoms with van der Waals surface area (Å²) in [5, 5.41) is 2.16. The van der Waals surface area contributed by atoms with Crippen LogP contribution in [0.4, 0.5) is 10.2 Å². The molecule has 1 atom stereocenters. The van der Waals surface area contributed by atoms with E-state index in [0.717, 1.165) is 29.4 Å². The third-order valence-corrected chi connectivity index (χ3v) is 9.69. The first kappa shape index (κ1) is 33.5. The first-order valence-electron chi connectivity index (χ1n) is 16.7. The van der Waals surface area contributed by atoms with E-state index in [9.17, 15) is 24.0 Å². The third kappa shape index (κ3) is 6.67. The van der Waals surface area contributed by atoms with Gasteiger partial charge < -0.3 is 15.4 Å². The lowest BCUT2D eigenvalue weighted by molar-refractivity contribution is -0.136. The molecule has 1 unspecified atom stereocenters.